The first-order valence-corrected chi connectivity index (χ1v) is 6.92. The first kappa shape index (κ1) is 14.9. The van der Waals surface area contributed by atoms with E-state index in [1.807, 2.05) is 49.5 Å². The zero-order valence-electron chi connectivity index (χ0n) is 11.4. The molecule has 2 aromatic carbocycles. The molecule has 0 amide bonds. The van der Waals surface area contributed by atoms with Crippen LogP contribution in [0.25, 0.3) is 0 Å². The molecule has 2 N–H and O–H groups in total. The molecule has 2 aromatic rings. The van der Waals surface area contributed by atoms with Gasteiger partial charge >= 0.3 is 0 Å². The highest BCUT2D eigenvalue weighted by Gasteiger charge is 2.08. The molecule has 0 saturated carbocycles. The van der Waals surface area contributed by atoms with Gasteiger partial charge in [0, 0.05) is 23.7 Å². The van der Waals surface area contributed by atoms with Crippen molar-refractivity contribution in [3.63, 3.8) is 0 Å². The third kappa shape index (κ3) is 3.73. The maximum atomic E-state index is 9.10. The second kappa shape index (κ2) is 7.29. The molecule has 0 heterocycles. The van der Waals surface area contributed by atoms with Crippen molar-refractivity contribution < 1.29 is 9.84 Å². The summed E-state index contributed by atoms with van der Waals surface area (Å²) in [6.45, 7) is 0.780. The molecule has 0 aliphatic rings. The molecule has 4 heteroatoms. The second-order valence-electron chi connectivity index (χ2n) is 4.47. The molecule has 0 spiro atoms. The van der Waals surface area contributed by atoms with E-state index >= 15 is 0 Å². The van der Waals surface area contributed by atoms with E-state index in [1.165, 1.54) is 0 Å². The molecular formula is C16H18ClNO2. The molecule has 0 aliphatic carbocycles. The van der Waals surface area contributed by atoms with Crippen molar-refractivity contribution >= 4 is 11.6 Å². The van der Waals surface area contributed by atoms with Crippen LogP contribution in [0.2, 0.25) is 5.02 Å². The summed E-state index contributed by atoms with van der Waals surface area (Å²) in [7, 11) is 1.88. The minimum atomic E-state index is 0.102. The third-order valence-electron chi connectivity index (χ3n) is 2.96. The van der Waals surface area contributed by atoms with Gasteiger partial charge in [0.1, 0.15) is 11.5 Å². The first-order chi connectivity index (χ1) is 9.74. The summed E-state index contributed by atoms with van der Waals surface area (Å²) < 4.78 is 5.99. The molecule has 0 saturated heterocycles. The number of benzene rings is 2. The summed E-state index contributed by atoms with van der Waals surface area (Å²) in [5.74, 6) is 1.54. The number of hydrogen-bond donors (Lipinski definition) is 2. The van der Waals surface area contributed by atoms with Crippen molar-refractivity contribution in [1.82, 2.24) is 5.32 Å². The average molecular weight is 292 g/mol. The maximum Gasteiger partial charge on any atom is 0.132 e. The van der Waals surface area contributed by atoms with E-state index in [1.54, 1.807) is 0 Å². The van der Waals surface area contributed by atoms with Crippen LogP contribution in [-0.2, 0) is 13.0 Å². The summed E-state index contributed by atoms with van der Waals surface area (Å²) in [4.78, 5) is 0. The van der Waals surface area contributed by atoms with Crippen LogP contribution in [0.3, 0.4) is 0 Å². The number of nitrogens with one attached hydrogen (secondary N) is 1. The predicted molar refractivity (Wildman–Crippen MR) is 81.5 cm³/mol. The minimum absolute atomic E-state index is 0.102. The quantitative estimate of drug-likeness (QED) is 0.857. The normalized spacial score (nSPS) is 10.6. The average Bonchev–Trinajstić information content (AvgIpc) is 2.44. The third-order valence-corrected chi connectivity index (χ3v) is 3.20. The van der Waals surface area contributed by atoms with E-state index in [-0.39, 0.29) is 6.61 Å². The second-order valence-corrected chi connectivity index (χ2v) is 4.90. The lowest BCUT2D eigenvalue weighted by molar-refractivity contribution is 0.298. The lowest BCUT2D eigenvalue weighted by Crippen LogP contribution is -2.06. The highest BCUT2D eigenvalue weighted by molar-refractivity contribution is 6.30. The highest BCUT2D eigenvalue weighted by Crippen LogP contribution is 2.30. The summed E-state index contributed by atoms with van der Waals surface area (Å²) in [5.41, 5.74) is 1.99. The molecule has 0 unspecified atom stereocenters. The minimum Gasteiger partial charge on any atom is -0.457 e. The van der Waals surface area contributed by atoms with E-state index in [9.17, 15) is 0 Å². The maximum absolute atomic E-state index is 9.10. The molecule has 3 nitrogen and oxygen atoms in total. The summed E-state index contributed by atoms with van der Waals surface area (Å²) >= 11 is 6.02. The van der Waals surface area contributed by atoms with Crippen molar-refractivity contribution in [2.75, 3.05) is 13.7 Å². The van der Waals surface area contributed by atoms with E-state index in [4.69, 9.17) is 21.4 Å². The van der Waals surface area contributed by atoms with Crippen molar-refractivity contribution in [1.29, 1.82) is 0 Å². The molecule has 0 aromatic heterocycles. The molecule has 0 radical (unpaired) electrons. The van der Waals surface area contributed by atoms with Crippen molar-refractivity contribution in [3.8, 4) is 11.5 Å². The van der Waals surface area contributed by atoms with Crippen LogP contribution >= 0.6 is 11.6 Å². The molecule has 0 bridgehead atoms. The van der Waals surface area contributed by atoms with Gasteiger partial charge in [-0.3, -0.25) is 0 Å². The number of ether oxygens (including phenoxy) is 1. The SMILES string of the molecule is CNCc1cc(Cl)ccc1Oc1ccccc1CCO. The van der Waals surface area contributed by atoms with Gasteiger partial charge in [-0.05, 0) is 43.3 Å². The van der Waals surface area contributed by atoms with Gasteiger partial charge < -0.3 is 15.2 Å². The van der Waals surface area contributed by atoms with Gasteiger partial charge in [-0.25, -0.2) is 0 Å². The van der Waals surface area contributed by atoms with Crippen molar-refractivity contribution in [2.24, 2.45) is 0 Å². The van der Waals surface area contributed by atoms with Gasteiger partial charge in [0.15, 0.2) is 0 Å². The summed E-state index contributed by atoms with van der Waals surface area (Å²) in [6, 6.07) is 13.3. The van der Waals surface area contributed by atoms with Crippen LogP contribution in [-0.4, -0.2) is 18.8 Å². The Bertz CT molecular complexity index is 572. The van der Waals surface area contributed by atoms with Crippen molar-refractivity contribution in [3.05, 3.63) is 58.6 Å². The number of hydrogen-bond acceptors (Lipinski definition) is 3. The lowest BCUT2D eigenvalue weighted by Gasteiger charge is -2.14. The number of aliphatic hydroxyl groups excluding tert-OH is 1. The standard InChI is InChI=1S/C16H18ClNO2/c1-18-11-13-10-14(17)6-7-16(13)20-15-5-3-2-4-12(15)8-9-19/h2-7,10,18-19H,8-9,11H2,1H3. The zero-order chi connectivity index (χ0) is 14.4. The van der Waals surface area contributed by atoms with Crippen LogP contribution < -0.4 is 10.1 Å². The predicted octanol–water partition coefficient (Wildman–Crippen LogP) is 3.39. The molecule has 0 fully saturated rings. The molecule has 106 valence electrons. The van der Waals surface area contributed by atoms with Crippen LogP contribution in [0, 0.1) is 0 Å². The van der Waals surface area contributed by atoms with Gasteiger partial charge in [0.25, 0.3) is 0 Å². The Morgan fingerprint density at radius 2 is 1.85 bits per heavy atom. The van der Waals surface area contributed by atoms with Crippen LogP contribution in [0.15, 0.2) is 42.5 Å². The van der Waals surface area contributed by atoms with E-state index < -0.39 is 0 Å². The van der Waals surface area contributed by atoms with Gasteiger partial charge in [0.2, 0.25) is 0 Å². The first-order valence-electron chi connectivity index (χ1n) is 6.54. The molecular weight excluding hydrogens is 274 g/mol. The fraction of sp³-hybridized carbons (Fsp3) is 0.250. The van der Waals surface area contributed by atoms with Gasteiger partial charge in [-0.2, -0.15) is 0 Å². The highest BCUT2D eigenvalue weighted by atomic mass is 35.5. The summed E-state index contributed by atoms with van der Waals surface area (Å²) in [6.07, 6.45) is 0.575. The van der Waals surface area contributed by atoms with Crippen LogP contribution in [0.5, 0.6) is 11.5 Å². The Morgan fingerprint density at radius 3 is 2.60 bits per heavy atom. The van der Waals surface area contributed by atoms with E-state index in [0.29, 0.717) is 18.0 Å². The Kier molecular flexibility index (Phi) is 5.41. The Hall–Kier alpha value is -1.55. The number of rotatable bonds is 6. The zero-order valence-corrected chi connectivity index (χ0v) is 12.2. The monoisotopic (exact) mass is 291 g/mol. The lowest BCUT2D eigenvalue weighted by atomic mass is 10.1. The van der Waals surface area contributed by atoms with Crippen LogP contribution in [0.4, 0.5) is 0 Å². The Labute approximate surface area is 124 Å². The Balaban J connectivity index is 2.29. The fourth-order valence-corrected chi connectivity index (χ4v) is 2.22. The number of para-hydroxylation sites is 1. The van der Waals surface area contributed by atoms with E-state index in [0.717, 1.165) is 22.6 Å². The van der Waals surface area contributed by atoms with Crippen LogP contribution in [0.1, 0.15) is 11.1 Å². The largest absolute Gasteiger partial charge is 0.457 e. The van der Waals surface area contributed by atoms with Crippen molar-refractivity contribution in [2.45, 2.75) is 13.0 Å². The summed E-state index contributed by atoms with van der Waals surface area (Å²) in [5, 5.41) is 12.9. The molecule has 0 atom stereocenters. The topological polar surface area (TPSA) is 41.5 Å². The van der Waals surface area contributed by atoms with E-state index in [2.05, 4.69) is 5.32 Å². The number of halogens is 1. The van der Waals surface area contributed by atoms with Gasteiger partial charge in [-0.1, -0.05) is 29.8 Å². The smallest absolute Gasteiger partial charge is 0.132 e. The molecule has 0 aliphatic heterocycles. The molecule has 2 rings (SSSR count). The fourth-order valence-electron chi connectivity index (χ4n) is 2.03. The number of aliphatic hydroxyl groups is 1. The Morgan fingerprint density at radius 1 is 1.10 bits per heavy atom. The molecule has 20 heavy (non-hydrogen) atoms. The van der Waals surface area contributed by atoms with Gasteiger partial charge in [0.05, 0.1) is 0 Å². The van der Waals surface area contributed by atoms with Gasteiger partial charge in [-0.15, -0.1) is 0 Å².